The van der Waals surface area contributed by atoms with Crippen molar-refractivity contribution >= 4 is 11.9 Å². The SMILES string of the molecule is CCOC(=O)c1[nH]c(COC(C)=O)cc1C. The molecule has 1 aromatic heterocycles. The van der Waals surface area contributed by atoms with Crippen molar-refractivity contribution in [2.75, 3.05) is 6.61 Å². The molecule has 0 aliphatic carbocycles. The first kappa shape index (κ1) is 12.3. The van der Waals surface area contributed by atoms with E-state index in [2.05, 4.69) is 4.98 Å². The summed E-state index contributed by atoms with van der Waals surface area (Å²) in [5, 5.41) is 0. The molecular formula is C11H15NO4. The van der Waals surface area contributed by atoms with Gasteiger partial charge in [-0.15, -0.1) is 0 Å². The maximum Gasteiger partial charge on any atom is 0.355 e. The summed E-state index contributed by atoms with van der Waals surface area (Å²) in [5.74, 6) is -0.751. The molecule has 0 fully saturated rings. The largest absolute Gasteiger partial charge is 0.461 e. The highest BCUT2D eigenvalue weighted by Gasteiger charge is 2.13. The van der Waals surface area contributed by atoms with Gasteiger partial charge in [0.1, 0.15) is 12.3 Å². The number of aromatic nitrogens is 1. The number of hydrogen-bond donors (Lipinski definition) is 1. The Morgan fingerprint density at radius 2 is 2.06 bits per heavy atom. The number of nitrogens with one attached hydrogen (secondary N) is 1. The molecule has 16 heavy (non-hydrogen) atoms. The molecule has 0 spiro atoms. The number of hydrogen-bond acceptors (Lipinski definition) is 4. The number of carbonyl (C=O) groups is 2. The molecule has 0 saturated heterocycles. The lowest BCUT2D eigenvalue weighted by Gasteiger charge is -2.00. The maximum atomic E-state index is 11.5. The summed E-state index contributed by atoms with van der Waals surface area (Å²) in [4.78, 5) is 24.9. The lowest BCUT2D eigenvalue weighted by atomic mass is 10.2. The lowest BCUT2D eigenvalue weighted by Crippen LogP contribution is -2.07. The predicted octanol–water partition coefficient (Wildman–Crippen LogP) is 1.56. The summed E-state index contributed by atoms with van der Waals surface area (Å²) in [6.45, 7) is 5.34. The van der Waals surface area contributed by atoms with Crippen LogP contribution in [0.3, 0.4) is 0 Å². The van der Waals surface area contributed by atoms with Gasteiger partial charge < -0.3 is 14.5 Å². The van der Waals surface area contributed by atoms with Crippen molar-refractivity contribution < 1.29 is 19.1 Å². The molecule has 0 radical (unpaired) electrons. The van der Waals surface area contributed by atoms with Crippen molar-refractivity contribution in [2.45, 2.75) is 27.4 Å². The summed E-state index contributed by atoms with van der Waals surface area (Å²) in [6, 6.07) is 1.76. The fraction of sp³-hybridized carbons (Fsp3) is 0.455. The molecule has 1 aromatic rings. The van der Waals surface area contributed by atoms with E-state index >= 15 is 0 Å². The topological polar surface area (TPSA) is 68.4 Å². The van der Waals surface area contributed by atoms with Crippen LogP contribution in [0.1, 0.15) is 35.6 Å². The highest BCUT2D eigenvalue weighted by molar-refractivity contribution is 5.89. The van der Waals surface area contributed by atoms with Gasteiger partial charge in [0.25, 0.3) is 0 Å². The van der Waals surface area contributed by atoms with Crippen LogP contribution in [-0.2, 0) is 20.9 Å². The minimum Gasteiger partial charge on any atom is -0.461 e. The molecule has 1 heterocycles. The molecule has 1 rings (SSSR count). The average Bonchev–Trinajstić information content (AvgIpc) is 2.57. The van der Waals surface area contributed by atoms with Crippen LogP contribution in [0.25, 0.3) is 0 Å². The molecular weight excluding hydrogens is 210 g/mol. The minimum atomic E-state index is -0.394. The zero-order valence-corrected chi connectivity index (χ0v) is 9.62. The summed E-state index contributed by atoms with van der Waals surface area (Å²) in [5.41, 5.74) is 1.86. The van der Waals surface area contributed by atoms with Crippen molar-refractivity contribution in [1.82, 2.24) is 4.98 Å². The smallest absolute Gasteiger partial charge is 0.355 e. The molecule has 5 nitrogen and oxygen atoms in total. The summed E-state index contributed by atoms with van der Waals surface area (Å²) < 4.78 is 9.68. The van der Waals surface area contributed by atoms with Crippen LogP contribution in [-0.4, -0.2) is 23.5 Å². The number of aromatic amines is 1. The minimum absolute atomic E-state index is 0.135. The van der Waals surface area contributed by atoms with Crippen molar-refractivity contribution in [3.8, 4) is 0 Å². The Balaban J connectivity index is 2.73. The van der Waals surface area contributed by atoms with Gasteiger partial charge in [0.15, 0.2) is 0 Å². The fourth-order valence-corrected chi connectivity index (χ4v) is 1.30. The van der Waals surface area contributed by atoms with Crippen LogP contribution >= 0.6 is 0 Å². The molecule has 0 atom stereocenters. The normalized spacial score (nSPS) is 9.94. The summed E-state index contributed by atoms with van der Waals surface area (Å²) in [6.07, 6.45) is 0. The zero-order chi connectivity index (χ0) is 12.1. The van der Waals surface area contributed by atoms with Crippen LogP contribution in [0.5, 0.6) is 0 Å². The molecule has 1 N–H and O–H groups in total. The Morgan fingerprint density at radius 1 is 1.38 bits per heavy atom. The Labute approximate surface area is 93.7 Å². The first-order chi connectivity index (χ1) is 7.54. The highest BCUT2D eigenvalue weighted by Crippen LogP contribution is 2.12. The van der Waals surface area contributed by atoms with Crippen molar-refractivity contribution in [3.05, 3.63) is 23.0 Å². The standard InChI is InChI=1S/C11H15NO4/c1-4-15-11(14)10-7(2)5-9(12-10)6-16-8(3)13/h5,12H,4,6H2,1-3H3. The van der Waals surface area contributed by atoms with E-state index < -0.39 is 5.97 Å². The zero-order valence-electron chi connectivity index (χ0n) is 9.62. The highest BCUT2D eigenvalue weighted by atomic mass is 16.5. The fourth-order valence-electron chi connectivity index (χ4n) is 1.30. The first-order valence-electron chi connectivity index (χ1n) is 5.03. The first-order valence-corrected chi connectivity index (χ1v) is 5.03. The van der Waals surface area contributed by atoms with Gasteiger partial charge in [0.05, 0.1) is 12.3 Å². The number of rotatable bonds is 4. The van der Waals surface area contributed by atoms with E-state index in [1.165, 1.54) is 6.92 Å². The van der Waals surface area contributed by atoms with Crippen LogP contribution in [0.2, 0.25) is 0 Å². The number of ether oxygens (including phenoxy) is 2. The third kappa shape index (κ3) is 3.12. The van der Waals surface area contributed by atoms with Gasteiger partial charge in [0, 0.05) is 6.92 Å². The van der Waals surface area contributed by atoms with E-state index in [1.54, 1.807) is 19.9 Å². The molecule has 0 amide bonds. The maximum absolute atomic E-state index is 11.5. The summed E-state index contributed by atoms with van der Waals surface area (Å²) in [7, 11) is 0. The Morgan fingerprint density at radius 3 is 2.62 bits per heavy atom. The number of carbonyl (C=O) groups excluding carboxylic acids is 2. The third-order valence-electron chi connectivity index (χ3n) is 1.98. The van der Waals surface area contributed by atoms with Gasteiger partial charge in [-0.25, -0.2) is 4.79 Å². The van der Waals surface area contributed by atoms with E-state index in [4.69, 9.17) is 9.47 Å². The van der Waals surface area contributed by atoms with Crippen LogP contribution in [0, 0.1) is 6.92 Å². The average molecular weight is 225 g/mol. The lowest BCUT2D eigenvalue weighted by molar-refractivity contribution is -0.142. The molecule has 5 heteroatoms. The monoisotopic (exact) mass is 225 g/mol. The van der Waals surface area contributed by atoms with Crippen molar-refractivity contribution in [3.63, 3.8) is 0 Å². The number of H-pyrrole nitrogens is 1. The molecule has 88 valence electrons. The van der Waals surface area contributed by atoms with E-state index in [0.717, 1.165) is 5.56 Å². The second-order valence-electron chi connectivity index (χ2n) is 3.35. The third-order valence-corrected chi connectivity index (χ3v) is 1.98. The van der Waals surface area contributed by atoms with Gasteiger partial charge in [0.2, 0.25) is 0 Å². The second-order valence-corrected chi connectivity index (χ2v) is 3.35. The Bertz CT molecular complexity index is 395. The molecule has 0 unspecified atom stereocenters. The van der Waals surface area contributed by atoms with Crippen molar-refractivity contribution in [2.24, 2.45) is 0 Å². The molecule has 0 bridgehead atoms. The number of esters is 2. The molecule has 0 aromatic carbocycles. The van der Waals surface area contributed by atoms with E-state index in [-0.39, 0.29) is 12.6 Å². The predicted molar refractivity (Wildman–Crippen MR) is 57.0 cm³/mol. The Hall–Kier alpha value is -1.78. The van der Waals surface area contributed by atoms with Crippen molar-refractivity contribution in [1.29, 1.82) is 0 Å². The van der Waals surface area contributed by atoms with E-state index in [9.17, 15) is 9.59 Å². The molecule has 0 aliphatic heterocycles. The van der Waals surface area contributed by atoms with Crippen LogP contribution in [0.15, 0.2) is 6.07 Å². The van der Waals surface area contributed by atoms with Gasteiger partial charge >= 0.3 is 11.9 Å². The molecule has 0 saturated carbocycles. The second kappa shape index (κ2) is 5.34. The van der Waals surface area contributed by atoms with Gasteiger partial charge in [-0.1, -0.05) is 0 Å². The van der Waals surface area contributed by atoms with E-state index in [1.807, 2.05) is 0 Å². The Kier molecular flexibility index (Phi) is 4.10. The van der Waals surface area contributed by atoms with E-state index in [0.29, 0.717) is 18.0 Å². The van der Waals surface area contributed by atoms with Gasteiger partial charge in [-0.3, -0.25) is 4.79 Å². The summed E-state index contributed by atoms with van der Waals surface area (Å²) >= 11 is 0. The number of aryl methyl sites for hydroxylation is 1. The molecule has 0 aliphatic rings. The van der Waals surface area contributed by atoms with Crippen LogP contribution in [0.4, 0.5) is 0 Å². The van der Waals surface area contributed by atoms with Gasteiger partial charge in [-0.05, 0) is 25.5 Å². The van der Waals surface area contributed by atoms with Gasteiger partial charge in [-0.2, -0.15) is 0 Å². The quantitative estimate of drug-likeness (QED) is 0.789. The van der Waals surface area contributed by atoms with Crippen LogP contribution < -0.4 is 0 Å².